The molecule has 0 aliphatic rings. The third-order valence-electron chi connectivity index (χ3n) is 12.2. The van der Waals surface area contributed by atoms with Crippen LogP contribution in [-0.4, -0.2) is 44.3 Å². The second kappa shape index (κ2) is 24.6. The van der Waals surface area contributed by atoms with Crippen LogP contribution in [0.15, 0.2) is 181 Å². The molecular formula is C65H45N5O8. The Balaban J connectivity index is 1.31. The zero-order valence-electron chi connectivity index (χ0n) is 42.1. The fourth-order valence-electron chi connectivity index (χ4n) is 8.61. The van der Waals surface area contributed by atoms with E-state index in [4.69, 9.17) is 26.3 Å². The maximum absolute atomic E-state index is 11.6. The Kier molecular flexibility index (Phi) is 17.1. The average molecular weight is 1020 g/mol. The summed E-state index contributed by atoms with van der Waals surface area (Å²) in [5, 5.41) is 37.8. The lowest BCUT2D eigenvalue weighted by Crippen LogP contribution is -2.13. The van der Waals surface area contributed by atoms with Gasteiger partial charge in [-0.15, -0.1) is 0 Å². The summed E-state index contributed by atoms with van der Waals surface area (Å²) in [6, 6.07) is 48.8. The minimum Gasteiger partial charge on any atom is -0.486 e. The highest BCUT2D eigenvalue weighted by Gasteiger charge is 2.19. The number of aryl methyl sites for hydroxylation is 3. The second-order valence-corrected chi connectivity index (χ2v) is 17.7. The van der Waals surface area contributed by atoms with E-state index in [0.29, 0.717) is 22.3 Å². The molecule has 0 heterocycles. The SMILES string of the molecule is [C-]#[N+]C(=Cc1ccc(C(=Cc2ccc(N(c3ccc(C=C(c4ccc(C=C([N+]#[C-])C(=O)O)cc4)c4ccc(C=C([N+]#[C-])C(=O)O)cc4)cc3)c3c(C)cc(C)cc3C)cc2)c2ccc(C=C([N+]#[C-])C(=O)O)cc2)cc1)C(=O)O. The van der Waals surface area contributed by atoms with E-state index in [1.807, 2.05) is 109 Å². The summed E-state index contributed by atoms with van der Waals surface area (Å²) < 4.78 is 0. The Morgan fingerprint density at radius 1 is 0.359 bits per heavy atom. The number of carboxylic acid groups (broad SMARTS) is 4. The summed E-state index contributed by atoms with van der Waals surface area (Å²) in [5.74, 6) is -5.32. The van der Waals surface area contributed by atoms with Crippen LogP contribution in [0.1, 0.15) is 72.3 Å². The Morgan fingerprint density at radius 2 is 0.577 bits per heavy atom. The number of benzene rings is 7. The lowest BCUT2D eigenvalue weighted by molar-refractivity contribution is -0.133. The molecule has 0 aliphatic heterocycles. The average Bonchev–Trinajstić information content (AvgIpc) is 3.45. The smallest absolute Gasteiger partial charge is 0.333 e. The molecule has 4 N–H and O–H groups in total. The number of aliphatic carboxylic acids is 4. The van der Waals surface area contributed by atoms with Crippen molar-refractivity contribution in [1.82, 2.24) is 0 Å². The van der Waals surface area contributed by atoms with Gasteiger partial charge in [-0.25, -0.2) is 19.4 Å². The molecule has 7 aromatic rings. The van der Waals surface area contributed by atoms with Gasteiger partial charge in [0, 0.05) is 11.4 Å². The first-order valence-electron chi connectivity index (χ1n) is 23.7. The van der Waals surface area contributed by atoms with E-state index in [-0.39, 0.29) is 0 Å². The van der Waals surface area contributed by atoms with Crippen molar-refractivity contribution in [2.24, 2.45) is 0 Å². The molecule has 0 radical (unpaired) electrons. The van der Waals surface area contributed by atoms with E-state index in [1.165, 1.54) is 24.3 Å². The molecule has 0 spiro atoms. The monoisotopic (exact) mass is 1020 g/mol. The van der Waals surface area contributed by atoms with Gasteiger partial charge >= 0.3 is 23.9 Å². The van der Waals surface area contributed by atoms with Crippen molar-refractivity contribution in [3.8, 4) is 0 Å². The number of rotatable bonds is 17. The molecule has 0 fully saturated rings. The molecule has 0 bridgehead atoms. The molecule has 0 amide bonds. The number of anilines is 3. The van der Waals surface area contributed by atoms with Gasteiger partial charge in [0.2, 0.25) is 0 Å². The molecule has 78 heavy (non-hydrogen) atoms. The van der Waals surface area contributed by atoms with Crippen LogP contribution in [0.2, 0.25) is 0 Å². The fraction of sp³-hybridized carbons (Fsp3) is 0.0462. The molecule has 13 nitrogen and oxygen atoms in total. The Labute approximate surface area is 450 Å². The van der Waals surface area contributed by atoms with Crippen LogP contribution in [0.5, 0.6) is 0 Å². The topological polar surface area (TPSA) is 170 Å². The van der Waals surface area contributed by atoms with E-state index >= 15 is 0 Å². The van der Waals surface area contributed by atoms with Crippen LogP contribution in [0.4, 0.5) is 17.1 Å². The van der Waals surface area contributed by atoms with Gasteiger partial charge < -0.3 is 25.3 Å². The maximum atomic E-state index is 11.6. The molecule has 7 aromatic carbocycles. The van der Waals surface area contributed by atoms with E-state index in [2.05, 4.69) is 57.2 Å². The number of carboxylic acids is 4. The maximum Gasteiger partial charge on any atom is 0.333 e. The molecule has 378 valence electrons. The van der Waals surface area contributed by atoms with Gasteiger partial charge in [0.05, 0.1) is 32.0 Å². The lowest BCUT2D eigenvalue weighted by Gasteiger charge is -2.29. The highest BCUT2D eigenvalue weighted by atomic mass is 16.4. The highest BCUT2D eigenvalue weighted by molar-refractivity contribution is 5.98. The van der Waals surface area contributed by atoms with Gasteiger partial charge in [-0.2, -0.15) is 0 Å². The van der Waals surface area contributed by atoms with Crippen molar-refractivity contribution < 1.29 is 39.6 Å². The number of hydrogen-bond acceptors (Lipinski definition) is 5. The minimum atomic E-state index is -1.33. The quantitative estimate of drug-likeness (QED) is 0.0394. The molecule has 0 atom stereocenters. The van der Waals surface area contributed by atoms with Crippen LogP contribution in [0.3, 0.4) is 0 Å². The third-order valence-corrected chi connectivity index (χ3v) is 12.2. The van der Waals surface area contributed by atoms with E-state index in [1.54, 1.807) is 48.5 Å². The Hall–Kier alpha value is -11.4. The molecular weight excluding hydrogens is 979 g/mol. The first kappa shape index (κ1) is 54.4. The summed E-state index contributed by atoms with van der Waals surface area (Å²) in [6.07, 6.45) is 9.20. The zero-order valence-corrected chi connectivity index (χ0v) is 42.1. The Bertz CT molecular complexity index is 3450. The molecule has 0 unspecified atom stereocenters. The van der Waals surface area contributed by atoms with E-state index in [9.17, 15) is 39.6 Å². The number of nitrogens with zero attached hydrogens (tertiary/aromatic N) is 5. The predicted molar refractivity (Wildman–Crippen MR) is 304 cm³/mol. The first-order chi connectivity index (χ1) is 37.5. The van der Waals surface area contributed by atoms with Gasteiger partial charge in [0.1, 0.15) is 0 Å². The zero-order chi connectivity index (χ0) is 56.0. The van der Waals surface area contributed by atoms with Crippen LogP contribution in [0, 0.1) is 47.1 Å². The largest absolute Gasteiger partial charge is 0.486 e. The van der Waals surface area contributed by atoms with Gasteiger partial charge in [-0.3, -0.25) is 19.2 Å². The second-order valence-electron chi connectivity index (χ2n) is 17.7. The normalized spacial score (nSPS) is 11.4. The van der Waals surface area contributed by atoms with Crippen LogP contribution in [0.25, 0.3) is 67.0 Å². The van der Waals surface area contributed by atoms with Crippen LogP contribution < -0.4 is 4.90 Å². The number of carbonyl (C=O) groups is 4. The molecule has 0 aromatic heterocycles. The lowest BCUT2D eigenvalue weighted by atomic mass is 9.93. The van der Waals surface area contributed by atoms with Crippen molar-refractivity contribution >= 4 is 88.5 Å². The molecule has 0 aliphatic carbocycles. The minimum absolute atomic E-state index is 0.423. The van der Waals surface area contributed by atoms with Crippen molar-refractivity contribution in [3.63, 3.8) is 0 Å². The van der Waals surface area contributed by atoms with Gasteiger partial charge in [0.15, 0.2) is 0 Å². The molecule has 0 saturated carbocycles. The van der Waals surface area contributed by atoms with Crippen LogP contribution >= 0.6 is 0 Å². The number of hydrogen-bond donors (Lipinski definition) is 4. The van der Waals surface area contributed by atoms with E-state index in [0.717, 1.165) is 78.3 Å². The first-order valence-corrected chi connectivity index (χ1v) is 23.7. The summed E-state index contributed by atoms with van der Waals surface area (Å²) in [7, 11) is 0. The summed E-state index contributed by atoms with van der Waals surface area (Å²) in [4.78, 5) is 61.0. The highest BCUT2D eigenvalue weighted by Crippen LogP contribution is 2.40. The summed E-state index contributed by atoms with van der Waals surface area (Å²) >= 11 is 0. The molecule has 13 heteroatoms. The van der Waals surface area contributed by atoms with Crippen molar-refractivity contribution in [3.05, 3.63) is 299 Å². The fourth-order valence-corrected chi connectivity index (χ4v) is 8.61. The van der Waals surface area contributed by atoms with Crippen molar-refractivity contribution in [1.29, 1.82) is 0 Å². The van der Waals surface area contributed by atoms with Crippen LogP contribution in [-0.2, 0) is 19.2 Å². The summed E-state index contributed by atoms with van der Waals surface area (Å²) in [5.41, 5.74) is 12.7. The van der Waals surface area contributed by atoms with Gasteiger partial charge in [0.25, 0.3) is 22.8 Å². The third kappa shape index (κ3) is 13.2. The van der Waals surface area contributed by atoms with Gasteiger partial charge in [-0.05, 0) is 159 Å². The van der Waals surface area contributed by atoms with Gasteiger partial charge in [-0.1, -0.05) is 139 Å². The standard InChI is InChI=1S/C65H45N5O8/c1-40-32-41(2)61(42(3)33-40)70(53-28-16-43(17-29-53)34-55(49-20-8-45(9-21-49)36-57(66-4)62(71)72)50-22-10-46(11-23-50)37-58(67-5)63(73)74)54-30-18-44(19-31-54)35-56(51-24-12-47(13-25-51)38-59(68-6)64(75)76)52-26-14-48(15-27-52)39-60(69-7)65(77)78/h8-39H,1-3H3,(H,71,72)(H,73,74)(H,75,76)(H,77,78). The Morgan fingerprint density at radius 3 is 0.795 bits per heavy atom. The predicted octanol–water partition coefficient (Wildman–Crippen LogP) is 14.6. The van der Waals surface area contributed by atoms with Crippen molar-refractivity contribution in [2.45, 2.75) is 20.8 Å². The summed E-state index contributed by atoms with van der Waals surface area (Å²) in [6.45, 7) is 35.3. The molecule has 7 rings (SSSR count). The van der Waals surface area contributed by atoms with Crippen molar-refractivity contribution in [2.75, 3.05) is 4.90 Å². The molecule has 0 saturated heterocycles. The van der Waals surface area contributed by atoms with E-state index < -0.39 is 46.7 Å².